The maximum Gasteiger partial charge on any atom is 0.276 e. The van der Waals surface area contributed by atoms with Gasteiger partial charge in [0, 0.05) is 12.1 Å². The van der Waals surface area contributed by atoms with Crippen LogP contribution in [0.4, 0.5) is 10.8 Å². The number of hydrogen-bond acceptors (Lipinski definition) is 7. The molecule has 0 bridgehead atoms. The molecule has 148 valence electrons. The molecule has 0 spiro atoms. The van der Waals surface area contributed by atoms with E-state index in [4.69, 9.17) is 0 Å². The molecule has 0 saturated carbocycles. The smallest absolute Gasteiger partial charge is 0.276 e. The molecule has 0 aliphatic rings. The number of amides is 2. The Morgan fingerprint density at radius 3 is 2.62 bits per heavy atom. The molecule has 0 radical (unpaired) electrons. The van der Waals surface area contributed by atoms with Gasteiger partial charge < -0.3 is 5.32 Å². The van der Waals surface area contributed by atoms with Crippen molar-refractivity contribution in [1.82, 2.24) is 15.8 Å². The van der Waals surface area contributed by atoms with Crippen molar-refractivity contribution < 1.29 is 14.5 Å². The van der Waals surface area contributed by atoms with Crippen molar-refractivity contribution in [3.63, 3.8) is 0 Å². The second-order valence-electron chi connectivity index (χ2n) is 5.98. The van der Waals surface area contributed by atoms with Gasteiger partial charge in [-0.15, -0.1) is 0 Å². The number of thiazole rings is 1. The van der Waals surface area contributed by atoms with E-state index in [0.717, 1.165) is 16.3 Å². The highest BCUT2D eigenvalue weighted by atomic mass is 32.1. The maximum absolute atomic E-state index is 12.2. The Hall–Kier alpha value is -3.79. The van der Waals surface area contributed by atoms with E-state index in [-0.39, 0.29) is 11.3 Å². The predicted molar refractivity (Wildman–Crippen MR) is 111 cm³/mol. The van der Waals surface area contributed by atoms with Crippen molar-refractivity contribution in [1.29, 1.82) is 0 Å². The molecule has 1 aromatic heterocycles. The molecule has 1 unspecified atom stereocenters. The van der Waals surface area contributed by atoms with Crippen molar-refractivity contribution in [2.45, 2.75) is 13.0 Å². The summed E-state index contributed by atoms with van der Waals surface area (Å²) in [6, 6.07) is 13.0. The summed E-state index contributed by atoms with van der Waals surface area (Å²) in [5.74, 6) is -1.08. The first-order valence-corrected chi connectivity index (χ1v) is 9.39. The number of carbonyl (C=O) groups is 2. The Morgan fingerprint density at radius 2 is 1.86 bits per heavy atom. The molecular weight excluding hydrogens is 394 g/mol. The first-order valence-electron chi connectivity index (χ1n) is 8.57. The van der Waals surface area contributed by atoms with Crippen LogP contribution in [0.3, 0.4) is 0 Å². The molecule has 0 fully saturated rings. The number of fused-ring (bicyclic) bond motifs is 1. The minimum absolute atomic E-state index is 0.116. The third-order valence-corrected chi connectivity index (χ3v) is 4.85. The molecule has 1 atom stereocenters. The van der Waals surface area contributed by atoms with Crippen LogP contribution in [-0.2, 0) is 9.59 Å². The minimum atomic E-state index is -0.643. The van der Waals surface area contributed by atoms with Crippen molar-refractivity contribution in [3.8, 4) is 0 Å². The minimum Gasteiger partial charge on any atom is -0.350 e. The Kier molecular flexibility index (Phi) is 6.15. The highest BCUT2D eigenvalue weighted by molar-refractivity contribution is 7.22. The summed E-state index contributed by atoms with van der Waals surface area (Å²) in [5.41, 5.74) is 5.54. The van der Waals surface area contributed by atoms with Crippen LogP contribution >= 0.6 is 11.3 Å². The topological polar surface area (TPSA) is 126 Å². The number of nitrogens with zero attached hydrogens (tertiary/aromatic N) is 2. The Morgan fingerprint density at radius 1 is 1.14 bits per heavy atom. The summed E-state index contributed by atoms with van der Waals surface area (Å²) in [6.07, 6.45) is 2.41. The van der Waals surface area contributed by atoms with Gasteiger partial charge >= 0.3 is 0 Å². The van der Waals surface area contributed by atoms with E-state index in [2.05, 4.69) is 21.2 Å². The molecule has 3 aromatic rings. The first kappa shape index (κ1) is 20.0. The SMILES string of the molecule is CC(Nc1nc2ccccc2s1)C(=O)NNC(=O)C=Cc1ccccc1[N+](=O)[O-]. The first-order chi connectivity index (χ1) is 13.9. The van der Waals surface area contributed by atoms with E-state index in [0.29, 0.717) is 5.13 Å². The highest BCUT2D eigenvalue weighted by Crippen LogP contribution is 2.25. The third kappa shape index (κ3) is 5.14. The van der Waals surface area contributed by atoms with E-state index in [1.165, 1.54) is 35.6 Å². The summed E-state index contributed by atoms with van der Waals surface area (Å²) in [5, 5.41) is 14.5. The average molecular weight is 411 g/mol. The predicted octanol–water partition coefficient (Wildman–Crippen LogP) is 2.87. The number of nitro groups is 1. The lowest BCUT2D eigenvalue weighted by Crippen LogP contribution is -2.47. The van der Waals surface area contributed by atoms with Gasteiger partial charge in [-0.05, 0) is 31.2 Å². The van der Waals surface area contributed by atoms with Crippen LogP contribution in [0.2, 0.25) is 0 Å². The second kappa shape index (κ2) is 8.93. The number of benzene rings is 2. The van der Waals surface area contributed by atoms with Gasteiger partial charge in [-0.3, -0.25) is 30.6 Å². The van der Waals surface area contributed by atoms with Crippen LogP contribution in [0.5, 0.6) is 0 Å². The molecule has 2 amide bonds. The standard InChI is InChI=1S/C19H17N5O4S/c1-12(20-19-21-14-7-3-5-9-16(14)29-19)18(26)23-22-17(25)11-10-13-6-2-4-8-15(13)24(27)28/h2-12H,1H3,(H,20,21)(H,22,25)(H,23,26). The molecular formula is C19H17N5O4S. The molecule has 9 nitrogen and oxygen atoms in total. The van der Waals surface area contributed by atoms with Gasteiger partial charge in [-0.2, -0.15) is 0 Å². The van der Waals surface area contributed by atoms with Crippen molar-refractivity contribution >= 4 is 50.3 Å². The van der Waals surface area contributed by atoms with Gasteiger partial charge in [0.05, 0.1) is 20.7 Å². The lowest BCUT2D eigenvalue weighted by atomic mass is 10.1. The van der Waals surface area contributed by atoms with Crippen molar-refractivity contribution in [2.75, 3.05) is 5.32 Å². The molecule has 3 rings (SSSR count). The summed E-state index contributed by atoms with van der Waals surface area (Å²) in [6.45, 7) is 1.64. The van der Waals surface area contributed by atoms with Crippen LogP contribution in [0.1, 0.15) is 12.5 Å². The van der Waals surface area contributed by atoms with Crippen molar-refractivity contribution in [3.05, 3.63) is 70.3 Å². The van der Waals surface area contributed by atoms with Gasteiger partial charge in [-0.1, -0.05) is 35.6 Å². The zero-order valence-electron chi connectivity index (χ0n) is 15.3. The van der Waals surface area contributed by atoms with Crippen LogP contribution < -0.4 is 16.2 Å². The summed E-state index contributed by atoms with van der Waals surface area (Å²) in [4.78, 5) is 38.9. The molecule has 10 heteroatoms. The number of nitro benzene ring substituents is 1. The number of nitrogens with one attached hydrogen (secondary N) is 3. The number of aromatic nitrogens is 1. The quantitative estimate of drug-likeness (QED) is 0.325. The molecule has 0 saturated heterocycles. The number of carbonyl (C=O) groups excluding carboxylic acids is 2. The fourth-order valence-electron chi connectivity index (χ4n) is 2.42. The highest BCUT2D eigenvalue weighted by Gasteiger charge is 2.15. The van der Waals surface area contributed by atoms with Crippen LogP contribution in [0, 0.1) is 10.1 Å². The number of para-hydroxylation sites is 2. The largest absolute Gasteiger partial charge is 0.350 e. The van der Waals surface area contributed by atoms with Crippen LogP contribution in [0.15, 0.2) is 54.6 Å². The Labute approximate surface area is 169 Å². The van der Waals surface area contributed by atoms with Gasteiger partial charge in [-0.25, -0.2) is 4.98 Å². The number of rotatable bonds is 6. The molecule has 2 aromatic carbocycles. The zero-order valence-corrected chi connectivity index (χ0v) is 16.1. The third-order valence-electron chi connectivity index (χ3n) is 3.88. The van der Waals surface area contributed by atoms with Gasteiger partial charge in [0.1, 0.15) is 6.04 Å². The number of anilines is 1. The fraction of sp³-hybridized carbons (Fsp3) is 0.105. The van der Waals surface area contributed by atoms with Gasteiger partial charge in [0.25, 0.3) is 17.5 Å². The van der Waals surface area contributed by atoms with E-state index < -0.39 is 22.8 Å². The molecule has 1 heterocycles. The number of hydrogen-bond donors (Lipinski definition) is 3. The lowest BCUT2D eigenvalue weighted by molar-refractivity contribution is -0.385. The van der Waals surface area contributed by atoms with E-state index in [1.54, 1.807) is 13.0 Å². The summed E-state index contributed by atoms with van der Waals surface area (Å²) < 4.78 is 0.996. The van der Waals surface area contributed by atoms with Crippen molar-refractivity contribution in [2.24, 2.45) is 0 Å². The Bertz CT molecular complexity index is 1060. The molecule has 3 N–H and O–H groups in total. The zero-order chi connectivity index (χ0) is 20.8. The van der Waals surface area contributed by atoms with Gasteiger partial charge in [0.2, 0.25) is 0 Å². The fourth-order valence-corrected chi connectivity index (χ4v) is 3.37. The lowest BCUT2D eigenvalue weighted by Gasteiger charge is -2.13. The summed E-state index contributed by atoms with van der Waals surface area (Å²) >= 11 is 1.42. The molecule has 29 heavy (non-hydrogen) atoms. The molecule has 0 aliphatic heterocycles. The summed E-state index contributed by atoms with van der Waals surface area (Å²) in [7, 11) is 0. The average Bonchev–Trinajstić information content (AvgIpc) is 3.12. The normalized spacial score (nSPS) is 11.9. The number of hydrazine groups is 1. The van der Waals surface area contributed by atoms with Crippen LogP contribution in [-0.4, -0.2) is 27.8 Å². The van der Waals surface area contributed by atoms with Crippen LogP contribution in [0.25, 0.3) is 16.3 Å². The monoisotopic (exact) mass is 411 g/mol. The maximum atomic E-state index is 12.2. The van der Waals surface area contributed by atoms with E-state index >= 15 is 0 Å². The van der Waals surface area contributed by atoms with E-state index in [1.807, 2.05) is 24.3 Å². The van der Waals surface area contributed by atoms with E-state index in [9.17, 15) is 19.7 Å². The second-order valence-corrected chi connectivity index (χ2v) is 7.01. The van der Waals surface area contributed by atoms with Gasteiger partial charge in [0.15, 0.2) is 5.13 Å². The Balaban J connectivity index is 1.53. The molecule has 0 aliphatic carbocycles.